The van der Waals surface area contributed by atoms with E-state index in [1.165, 1.54) is 23.1 Å². The lowest BCUT2D eigenvalue weighted by atomic mass is 10.0. The normalized spacial score (nSPS) is 26.7. The molecule has 1 aromatic carbocycles. The Morgan fingerprint density at radius 2 is 1.97 bits per heavy atom. The predicted octanol–water partition coefficient (Wildman–Crippen LogP) is 1.37. The minimum absolute atomic E-state index is 0.0330. The zero-order valence-electron chi connectivity index (χ0n) is 17.0. The van der Waals surface area contributed by atoms with Crippen molar-refractivity contribution >= 4 is 23.6 Å². The van der Waals surface area contributed by atoms with Crippen LogP contribution in [-0.2, 0) is 20.9 Å². The summed E-state index contributed by atoms with van der Waals surface area (Å²) in [6, 6.07) is 2.85. The maximum Gasteiger partial charge on any atom is 0.473 e. The summed E-state index contributed by atoms with van der Waals surface area (Å²) in [6.07, 6.45) is -5.35. The molecule has 1 unspecified atom stereocenters. The van der Waals surface area contributed by atoms with E-state index in [0.29, 0.717) is 18.6 Å². The van der Waals surface area contributed by atoms with Crippen molar-refractivity contribution in [3.8, 4) is 0 Å². The number of amides is 3. The molecule has 3 aliphatic rings. The van der Waals surface area contributed by atoms with Crippen molar-refractivity contribution in [2.75, 3.05) is 13.2 Å². The summed E-state index contributed by atoms with van der Waals surface area (Å²) in [6.45, 7) is 0.476. The zero-order chi connectivity index (χ0) is 24.1. The SMILES string of the molecule is NC(=NC(=O)C(F)(F)F)c1ccc2c(c1)C(=O)N([C@H]1CCOCC1NC(=O)[C@H]1CC1(F)F)C2. The molecular formula is C20H19F5N4O4. The number of carbonyl (C=O) groups is 3. The summed E-state index contributed by atoms with van der Waals surface area (Å²) in [5, 5.41) is 2.56. The highest BCUT2D eigenvalue weighted by Gasteiger charge is 2.61. The molecular weight excluding hydrogens is 455 g/mol. The Bertz CT molecular complexity index is 1040. The van der Waals surface area contributed by atoms with Crippen LogP contribution in [0.1, 0.15) is 34.3 Å². The lowest BCUT2D eigenvalue weighted by Gasteiger charge is -2.38. The second-order valence-corrected chi connectivity index (χ2v) is 8.17. The Hall–Kier alpha value is -3.09. The number of benzene rings is 1. The topological polar surface area (TPSA) is 114 Å². The Morgan fingerprint density at radius 1 is 1.27 bits per heavy atom. The Morgan fingerprint density at radius 3 is 2.61 bits per heavy atom. The molecule has 0 spiro atoms. The largest absolute Gasteiger partial charge is 0.473 e. The van der Waals surface area contributed by atoms with Gasteiger partial charge in [-0.05, 0) is 18.1 Å². The van der Waals surface area contributed by atoms with Crippen LogP contribution in [0.5, 0.6) is 0 Å². The van der Waals surface area contributed by atoms with E-state index in [9.17, 15) is 36.3 Å². The van der Waals surface area contributed by atoms with E-state index in [1.807, 2.05) is 0 Å². The van der Waals surface area contributed by atoms with E-state index >= 15 is 0 Å². The van der Waals surface area contributed by atoms with Crippen LogP contribution < -0.4 is 11.1 Å². The third-order valence-corrected chi connectivity index (χ3v) is 5.89. The first-order valence-corrected chi connectivity index (χ1v) is 10.0. The smallest absolute Gasteiger partial charge is 0.383 e. The van der Waals surface area contributed by atoms with Crippen molar-refractivity contribution < 1.29 is 41.1 Å². The fourth-order valence-electron chi connectivity index (χ4n) is 4.01. The minimum atomic E-state index is -5.18. The average Bonchev–Trinajstić information content (AvgIpc) is 3.27. The van der Waals surface area contributed by atoms with Crippen LogP contribution in [0.25, 0.3) is 0 Å². The molecule has 1 saturated heterocycles. The van der Waals surface area contributed by atoms with Gasteiger partial charge in [0.05, 0.1) is 18.7 Å². The number of nitrogens with two attached hydrogens (primary N) is 1. The minimum Gasteiger partial charge on any atom is -0.383 e. The number of amidine groups is 1. The Balaban J connectivity index is 1.51. The lowest BCUT2D eigenvalue weighted by molar-refractivity contribution is -0.169. The summed E-state index contributed by atoms with van der Waals surface area (Å²) in [5.41, 5.74) is 6.21. The van der Waals surface area contributed by atoms with Gasteiger partial charge in [0, 0.05) is 30.7 Å². The number of carbonyl (C=O) groups excluding carboxylic acids is 3. The molecule has 2 heterocycles. The fraction of sp³-hybridized carbons (Fsp3) is 0.500. The van der Waals surface area contributed by atoms with E-state index in [0.717, 1.165) is 0 Å². The van der Waals surface area contributed by atoms with Gasteiger partial charge < -0.3 is 20.7 Å². The highest BCUT2D eigenvalue weighted by molar-refractivity contribution is 6.07. The number of hydrogen-bond acceptors (Lipinski definition) is 4. The molecule has 0 aromatic heterocycles. The van der Waals surface area contributed by atoms with Gasteiger partial charge >= 0.3 is 12.1 Å². The molecule has 3 atom stereocenters. The average molecular weight is 474 g/mol. The van der Waals surface area contributed by atoms with Crippen molar-refractivity contribution in [3.63, 3.8) is 0 Å². The van der Waals surface area contributed by atoms with Crippen LogP contribution in [0.15, 0.2) is 23.2 Å². The number of rotatable bonds is 4. The summed E-state index contributed by atoms with van der Waals surface area (Å²) >= 11 is 0. The van der Waals surface area contributed by atoms with Crippen molar-refractivity contribution in [1.29, 1.82) is 0 Å². The van der Waals surface area contributed by atoms with Crippen LogP contribution in [0.2, 0.25) is 0 Å². The maximum absolute atomic E-state index is 13.2. The van der Waals surface area contributed by atoms with Crippen molar-refractivity contribution in [1.82, 2.24) is 10.2 Å². The molecule has 178 valence electrons. The molecule has 2 aliphatic heterocycles. The number of nitrogens with one attached hydrogen (secondary N) is 1. The number of aliphatic imine (C=N–C) groups is 1. The number of halogens is 5. The van der Waals surface area contributed by atoms with E-state index in [1.54, 1.807) is 0 Å². The van der Waals surface area contributed by atoms with Gasteiger partial charge in [-0.15, -0.1) is 0 Å². The molecule has 13 heteroatoms. The molecule has 0 bridgehead atoms. The van der Waals surface area contributed by atoms with Gasteiger partial charge in [-0.2, -0.15) is 18.2 Å². The van der Waals surface area contributed by atoms with E-state index in [2.05, 4.69) is 10.3 Å². The van der Waals surface area contributed by atoms with E-state index in [-0.39, 0.29) is 24.3 Å². The molecule has 1 saturated carbocycles. The molecule has 0 radical (unpaired) electrons. The molecule has 1 aliphatic carbocycles. The molecule has 4 rings (SSSR count). The van der Waals surface area contributed by atoms with Crippen LogP contribution in [0.4, 0.5) is 22.0 Å². The number of alkyl halides is 5. The van der Waals surface area contributed by atoms with Gasteiger partial charge in [0.1, 0.15) is 11.8 Å². The first-order valence-electron chi connectivity index (χ1n) is 10.0. The van der Waals surface area contributed by atoms with Crippen LogP contribution in [0, 0.1) is 5.92 Å². The van der Waals surface area contributed by atoms with Crippen molar-refractivity contribution in [2.24, 2.45) is 16.6 Å². The number of fused-ring (bicyclic) bond motifs is 1. The predicted molar refractivity (Wildman–Crippen MR) is 102 cm³/mol. The molecule has 8 nitrogen and oxygen atoms in total. The highest BCUT2D eigenvalue weighted by atomic mass is 19.4. The van der Waals surface area contributed by atoms with Crippen molar-refractivity contribution in [3.05, 3.63) is 34.9 Å². The third kappa shape index (κ3) is 4.54. The highest BCUT2D eigenvalue weighted by Crippen LogP contribution is 2.48. The fourth-order valence-corrected chi connectivity index (χ4v) is 4.01. The lowest BCUT2D eigenvalue weighted by Crippen LogP contribution is -2.57. The summed E-state index contributed by atoms with van der Waals surface area (Å²) in [4.78, 5) is 40.6. The third-order valence-electron chi connectivity index (χ3n) is 5.89. The van der Waals surface area contributed by atoms with Gasteiger partial charge in [0.15, 0.2) is 0 Å². The zero-order valence-corrected chi connectivity index (χ0v) is 17.0. The maximum atomic E-state index is 13.2. The van der Waals surface area contributed by atoms with Gasteiger partial charge in [-0.1, -0.05) is 12.1 Å². The molecule has 3 amide bonds. The molecule has 2 fully saturated rings. The monoisotopic (exact) mass is 474 g/mol. The first kappa shape index (κ1) is 23.1. The number of ether oxygens (including phenoxy) is 1. The number of nitrogens with zero attached hydrogens (tertiary/aromatic N) is 2. The standard InChI is InChI=1S/C20H19F5N4O4/c21-19(22)6-12(19)16(30)27-13-8-33-4-3-14(13)29-7-10-2-1-9(5-11(10)17(29)31)15(26)28-18(32)20(23,24)25/h1-2,5,12-14H,3-4,6-8H2,(H,27,30)(H2,26,28,32)/t12-,13?,14+/m1/s1. The Labute approximate surface area is 183 Å². The molecule has 3 N–H and O–H groups in total. The second-order valence-electron chi connectivity index (χ2n) is 8.17. The van der Waals surface area contributed by atoms with Gasteiger partial charge in [0.2, 0.25) is 5.91 Å². The molecule has 1 aromatic rings. The van der Waals surface area contributed by atoms with Crippen LogP contribution in [-0.4, -0.2) is 65.9 Å². The van der Waals surface area contributed by atoms with Gasteiger partial charge in [-0.25, -0.2) is 8.78 Å². The molecule has 33 heavy (non-hydrogen) atoms. The summed E-state index contributed by atoms with van der Waals surface area (Å²) < 4.78 is 69.1. The van der Waals surface area contributed by atoms with Crippen molar-refractivity contribution in [2.45, 2.75) is 43.6 Å². The Kier molecular flexibility index (Phi) is 5.63. The number of hydrogen-bond donors (Lipinski definition) is 2. The van der Waals surface area contributed by atoms with Crippen LogP contribution >= 0.6 is 0 Å². The summed E-state index contributed by atoms with van der Waals surface area (Å²) in [7, 11) is 0. The van der Waals surface area contributed by atoms with Gasteiger partial charge in [0.25, 0.3) is 11.8 Å². The van der Waals surface area contributed by atoms with Crippen LogP contribution in [0.3, 0.4) is 0 Å². The van der Waals surface area contributed by atoms with Gasteiger partial charge in [-0.3, -0.25) is 14.4 Å². The van der Waals surface area contributed by atoms with E-state index < -0.39 is 60.1 Å². The first-order chi connectivity index (χ1) is 15.4. The second kappa shape index (κ2) is 8.04. The quantitative estimate of drug-likeness (QED) is 0.389. The van der Waals surface area contributed by atoms with E-state index in [4.69, 9.17) is 10.5 Å². The summed E-state index contributed by atoms with van der Waals surface area (Å²) in [5.74, 6) is -8.74.